The van der Waals surface area contributed by atoms with Crippen LogP contribution in [0.15, 0.2) is 24.4 Å². The van der Waals surface area contributed by atoms with Crippen LogP contribution in [0.25, 0.3) is 0 Å². The minimum Gasteiger partial charge on any atom is -0.312 e. The molecule has 0 spiro atoms. The van der Waals surface area contributed by atoms with E-state index in [4.69, 9.17) is 0 Å². The van der Waals surface area contributed by atoms with Crippen molar-refractivity contribution in [3.8, 4) is 0 Å². The number of rotatable bonds is 7. The van der Waals surface area contributed by atoms with Crippen LogP contribution >= 0.6 is 0 Å². The lowest BCUT2D eigenvalue weighted by Gasteiger charge is -2.34. The number of pyridine rings is 1. The van der Waals surface area contributed by atoms with Crippen LogP contribution in [0.1, 0.15) is 47.2 Å². The van der Waals surface area contributed by atoms with E-state index in [-0.39, 0.29) is 5.54 Å². The Morgan fingerprint density at radius 2 is 1.95 bits per heavy atom. The number of hydrogen-bond donors (Lipinski definition) is 1. The largest absolute Gasteiger partial charge is 0.312 e. The van der Waals surface area contributed by atoms with E-state index in [1.807, 2.05) is 12.3 Å². The van der Waals surface area contributed by atoms with Gasteiger partial charge in [0.2, 0.25) is 0 Å². The van der Waals surface area contributed by atoms with Crippen molar-refractivity contribution in [3.05, 3.63) is 30.1 Å². The Balaban J connectivity index is 2.55. The number of nitrogens with one attached hydrogen (secondary N) is 1. The molecule has 1 aromatic rings. The molecule has 3 nitrogen and oxygen atoms in total. The first-order valence-corrected chi connectivity index (χ1v) is 7.72. The molecular weight excluding hydrogens is 246 g/mol. The topological polar surface area (TPSA) is 28.2 Å². The highest BCUT2D eigenvalue weighted by atomic mass is 15.2. The zero-order chi connectivity index (χ0) is 15.2. The second kappa shape index (κ2) is 7.75. The highest BCUT2D eigenvalue weighted by molar-refractivity contribution is 5.03. The summed E-state index contributed by atoms with van der Waals surface area (Å²) >= 11 is 0. The molecule has 2 unspecified atom stereocenters. The fourth-order valence-corrected chi connectivity index (χ4v) is 2.24. The molecule has 2 atom stereocenters. The Morgan fingerprint density at radius 3 is 2.45 bits per heavy atom. The van der Waals surface area contributed by atoms with Crippen LogP contribution < -0.4 is 5.32 Å². The Morgan fingerprint density at radius 1 is 1.25 bits per heavy atom. The molecule has 0 aliphatic heterocycles. The third-order valence-corrected chi connectivity index (χ3v) is 3.85. The summed E-state index contributed by atoms with van der Waals surface area (Å²) in [6.07, 6.45) is 1.87. The Kier molecular flexibility index (Phi) is 6.63. The van der Waals surface area contributed by atoms with Gasteiger partial charge in [0.1, 0.15) is 0 Å². The first kappa shape index (κ1) is 17.1. The van der Waals surface area contributed by atoms with Crippen molar-refractivity contribution in [2.24, 2.45) is 5.92 Å². The molecule has 1 rings (SSSR count). The quantitative estimate of drug-likeness (QED) is 0.828. The third-order valence-electron chi connectivity index (χ3n) is 3.85. The normalized spacial score (nSPS) is 15.3. The average molecular weight is 277 g/mol. The van der Waals surface area contributed by atoms with Crippen LogP contribution in [-0.2, 0) is 6.54 Å². The van der Waals surface area contributed by atoms with Crippen molar-refractivity contribution in [2.75, 3.05) is 13.1 Å². The summed E-state index contributed by atoms with van der Waals surface area (Å²) in [4.78, 5) is 6.93. The van der Waals surface area contributed by atoms with Gasteiger partial charge in [-0.25, -0.2) is 0 Å². The Bertz CT molecular complexity index is 370. The SMILES string of the molecule is CCN(Cc1ccccn1)C(C)C(C)CNC(C)(C)C. The molecule has 0 fully saturated rings. The van der Waals surface area contributed by atoms with Crippen LogP contribution in [0.5, 0.6) is 0 Å². The summed E-state index contributed by atoms with van der Waals surface area (Å²) in [7, 11) is 0. The van der Waals surface area contributed by atoms with Gasteiger partial charge in [-0.05, 0) is 58.8 Å². The first-order chi connectivity index (χ1) is 9.33. The smallest absolute Gasteiger partial charge is 0.0544 e. The highest BCUT2D eigenvalue weighted by Gasteiger charge is 2.21. The van der Waals surface area contributed by atoms with Gasteiger partial charge in [-0.3, -0.25) is 9.88 Å². The monoisotopic (exact) mass is 277 g/mol. The Hall–Kier alpha value is -0.930. The number of nitrogens with zero attached hydrogens (tertiary/aromatic N) is 2. The predicted octanol–water partition coefficient (Wildman–Crippen LogP) is 3.32. The van der Waals surface area contributed by atoms with Gasteiger partial charge in [0.05, 0.1) is 5.69 Å². The summed E-state index contributed by atoms with van der Waals surface area (Å²) < 4.78 is 0. The molecule has 3 heteroatoms. The second-order valence-electron chi connectivity index (χ2n) is 6.73. The standard InChI is InChI=1S/C17H31N3/c1-7-20(13-16-10-8-9-11-18-16)15(3)14(2)12-19-17(4,5)6/h8-11,14-15,19H,7,12-13H2,1-6H3. The van der Waals surface area contributed by atoms with Crippen molar-refractivity contribution in [1.29, 1.82) is 0 Å². The van der Waals surface area contributed by atoms with Crippen molar-refractivity contribution in [1.82, 2.24) is 15.2 Å². The maximum absolute atomic E-state index is 4.44. The molecular formula is C17H31N3. The molecule has 0 bridgehead atoms. The van der Waals surface area contributed by atoms with E-state index in [1.165, 1.54) is 0 Å². The van der Waals surface area contributed by atoms with Gasteiger partial charge in [0.25, 0.3) is 0 Å². The van der Waals surface area contributed by atoms with Crippen molar-refractivity contribution < 1.29 is 0 Å². The zero-order valence-electron chi connectivity index (χ0n) is 14.0. The number of hydrogen-bond acceptors (Lipinski definition) is 3. The van der Waals surface area contributed by atoms with Crippen molar-refractivity contribution in [2.45, 2.75) is 59.7 Å². The van der Waals surface area contributed by atoms with Crippen molar-refractivity contribution >= 4 is 0 Å². The average Bonchev–Trinajstić information content (AvgIpc) is 2.41. The van der Waals surface area contributed by atoms with E-state index in [0.717, 1.165) is 25.3 Å². The van der Waals surface area contributed by atoms with Gasteiger partial charge in [-0.2, -0.15) is 0 Å². The fraction of sp³-hybridized carbons (Fsp3) is 0.706. The van der Waals surface area contributed by atoms with Crippen LogP contribution in [0.2, 0.25) is 0 Å². The van der Waals surface area contributed by atoms with Gasteiger partial charge in [-0.1, -0.05) is 19.9 Å². The van der Waals surface area contributed by atoms with Crippen LogP contribution in [0, 0.1) is 5.92 Å². The minimum atomic E-state index is 0.187. The molecule has 20 heavy (non-hydrogen) atoms. The lowest BCUT2D eigenvalue weighted by Crippen LogP contribution is -2.45. The van der Waals surface area contributed by atoms with E-state index < -0.39 is 0 Å². The third kappa shape index (κ3) is 6.02. The van der Waals surface area contributed by atoms with Crippen LogP contribution in [-0.4, -0.2) is 34.6 Å². The minimum absolute atomic E-state index is 0.187. The summed E-state index contributed by atoms with van der Waals surface area (Å²) in [5, 5.41) is 3.60. The molecule has 0 aliphatic rings. The summed E-state index contributed by atoms with van der Waals surface area (Å²) in [5.74, 6) is 0.609. The lowest BCUT2D eigenvalue weighted by molar-refractivity contribution is 0.153. The Labute approximate surface area is 124 Å². The van der Waals surface area contributed by atoms with Crippen molar-refractivity contribution in [3.63, 3.8) is 0 Å². The van der Waals surface area contributed by atoms with E-state index in [1.54, 1.807) is 0 Å². The molecule has 0 saturated heterocycles. The molecule has 1 aromatic heterocycles. The maximum Gasteiger partial charge on any atom is 0.0544 e. The molecule has 0 saturated carbocycles. The summed E-state index contributed by atoms with van der Waals surface area (Å²) in [5.41, 5.74) is 1.34. The van der Waals surface area contributed by atoms with E-state index in [0.29, 0.717) is 12.0 Å². The highest BCUT2D eigenvalue weighted by Crippen LogP contribution is 2.14. The van der Waals surface area contributed by atoms with E-state index in [2.05, 4.69) is 68.9 Å². The van der Waals surface area contributed by atoms with Gasteiger partial charge in [-0.15, -0.1) is 0 Å². The molecule has 0 aliphatic carbocycles. The van der Waals surface area contributed by atoms with Gasteiger partial charge in [0, 0.05) is 24.3 Å². The molecule has 1 heterocycles. The maximum atomic E-state index is 4.44. The number of aromatic nitrogens is 1. The molecule has 114 valence electrons. The van der Waals surface area contributed by atoms with Gasteiger partial charge >= 0.3 is 0 Å². The van der Waals surface area contributed by atoms with E-state index in [9.17, 15) is 0 Å². The lowest BCUT2D eigenvalue weighted by atomic mass is 9.99. The van der Waals surface area contributed by atoms with Gasteiger partial charge in [0.15, 0.2) is 0 Å². The van der Waals surface area contributed by atoms with Crippen LogP contribution in [0.4, 0.5) is 0 Å². The van der Waals surface area contributed by atoms with Crippen LogP contribution in [0.3, 0.4) is 0 Å². The fourth-order valence-electron chi connectivity index (χ4n) is 2.24. The molecule has 0 radical (unpaired) electrons. The molecule has 0 amide bonds. The summed E-state index contributed by atoms with van der Waals surface area (Å²) in [6, 6.07) is 6.68. The second-order valence-corrected chi connectivity index (χ2v) is 6.73. The first-order valence-electron chi connectivity index (χ1n) is 7.72. The molecule has 0 aromatic carbocycles. The summed E-state index contributed by atoms with van der Waals surface area (Å²) in [6.45, 7) is 16.6. The zero-order valence-corrected chi connectivity index (χ0v) is 14.0. The van der Waals surface area contributed by atoms with Gasteiger partial charge < -0.3 is 5.32 Å². The molecule has 1 N–H and O–H groups in total. The predicted molar refractivity (Wildman–Crippen MR) is 86.7 cm³/mol. The van der Waals surface area contributed by atoms with E-state index >= 15 is 0 Å².